The van der Waals surface area contributed by atoms with E-state index in [9.17, 15) is 9.59 Å². The van der Waals surface area contributed by atoms with Gasteiger partial charge in [-0.25, -0.2) is 0 Å². The first kappa shape index (κ1) is 23.3. The molecule has 0 aliphatic heterocycles. The summed E-state index contributed by atoms with van der Waals surface area (Å²) >= 11 is 0. The van der Waals surface area contributed by atoms with Gasteiger partial charge in [0.2, 0.25) is 0 Å². The summed E-state index contributed by atoms with van der Waals surface area (Å²) in [5.41, 5.74) is 3.14. The maximum absolute atomic E-state index is 13.5. The Kier molecular flexibility index (Phi) is 7.76. The van der Waals surface area contributed by atoms with E-state index in [1.54, 1.807) is 19.2 Å². The summed E-state index contributed by atoms with van der Waals surface area (Å²) in [6.07, 6.45) is 7.35. The fourth-order valence-corrected chi connectivity index (χ4v) is 4.25. The van der Waals surface area contributed by atoms with Gasteiger partial charge in [0, 0.05) is 11.6 Å². The summed E-state index contributed by atoms with van der Waals surface area (Å²) in [6.45, 7) is 0. The molecule has 0 aromatic heterocycles. The summed E-state index contributed by atoms with van der Waals surface area (Å²) in [5.74, 6) is 0.323. The molecule has 0 saturated heterocycles. The zero-order valence-corrected chi connectivity index (χ0v) is 19.4. The Morgan fingerprint density at radius 3 is 2.24 bits per heavy atom. The van der Waals surface area contributed by atoms with E-state index in [0.29, 0.717) is 16.8 Å². The molecule has 1 fully saturated rings. The maximum Gasteiger partial charge on any atom is 0.256 e. The predicted molar refractivity (Wildman–Crippen MR) is 137 cm³/mol. The highest BCUT2D eigenvalue weighted by molar-refractivity contribution is 6.29. The molecule has 0 radical (unpaired) electrons. The van der Waals surface area contributed by atoms with Gasteiger partial charge in [0.05, 0.1) is 18.4 Å². The van der Waals surface area contributed by atoms with Gasteiger partial charge in [-0.05, 0) is 54.3 Å². The number of rotatable bonds is 7. The van der Waals surface area contributed by atoms with Crippen molar-refractivity contribution in [3.05, 3.63) is 95.6 Å². The lowest BCUT2D eigenvalue weighted by molar-refractivity contribution is -0.111. The zero-order chi connectivity index (χ0) is 23.8. The second-order valence-corrected chi connectivity index (χ2v) is 8.51. The lowest BCUT2D eigenvalue weighted by Gasteiger charge is -2.23. The van der Waals surface area contributed by atoms with Gasteiger partial charge in [0.15, 0.2) is 0 Å². The Bertz CT molecular complexity index is 1150. The number of carbonyl (C=O) groups is 2. The molecule has 34 heavy (non-hydrogen) atoms. The van der Waals surface area contributed by atoms with Crippen LogP contribution < -0.4 is 15.4 Å². The number of hydrogen-bond donors (Lipinski definition) is 2. The third kappa shape index (κ3) is 5.93. The minimum atomic E-state index is -0.278. The summed E-state index contributed by atoms with van der Waals surface area (Å²) in [6, 6.07) is 24.4. The zero-order valence-electron chi connectivity index (χ0n) is 19.4. The lowest BCUT2D eigenvalue weighted by Crippen LogP contribution is -2.36. The van der Waals surface area contributed by atoms with Crippen LogP contribution in [0.2, 0.25) is 0 Å². The molecular formula is C29H30N2O3. The van der Waals surface area contributed by atoms with Crippen LogP contribution in [0.25, 0.3) is 11.6 Å². The van der Waals surface area contributed by atoms with Crippen molar-refractivity contribution in [2.75, 3.05) is 12.4 Å². The van der Waals surface area contributed by atoms with Crippen molar-refractivity contribution in [2.24, 2.45) is 0 Å². The standard InChI is InChI=1S/C29H30N2O3/c1-34-24-18-16-21(17-19-24)20-26(22-10-4-2-5-11-22)29(33)31-27-15-9-8-14-25(27)28(32)30-23-12-6-3-7-13-23/h2,4-5,8-11,14-20,23H,3,6-7,12-13H2,1H3,(H,30,32)(H,31,33)/b26-20+. The van der Waals surface area contributed by atoms with Gasteiger partial charge in [-0.2, -0.15) is 0 Å². The van der Waals surface area contributed by atoms with E-state index in [-0.39, 0.29) is 17.9 Å². The molecular weight excluding hydrogens is 424 g/mol. The van der Waals surface area contributed by atoms with E-state index in [2.05, 4.69) is 10.6 Å². The molecule has 0 heterocycles. The second-order valence-electron chi connectivity index (χ2n) is 8.51. The van der Waals surface area contributed by atoms with Gasteiger partial charge in [0.1, 0.15) is 5.75 Å². The highest BCUT2D eigenvalue weighted by Crippen LogP contribution is 2.24. The Labute approximate surface area is 200 Å². The third-order valence-electron chi connectivity index (χ3n) is 6.12. The van der Waals surface area contributed by atoms with Gasteiger partial charge in [-0.15, -0.1) is 0 Å². The van der Waals surface area contributed by atoms with Crippen molar-refractivity contribution in [1.82, 2.24) is 5.32 Å². The summed E-state index contributed by atoms with van der Waals surface area (Å²) in [5, 5.41) is 6.12. The molecule has 4 rings (SSSR count). The van der Waals surface area contributed by atoms with Crippen LogP contribution in [0.3, 0.4) is 0 Å². The average Bonchev–Trinajstić information content (AvgIpc) is 2.89. The van der Waals surface area contributed by atoms with E-state index >= 15 is 0 Å². The van der Waals surface area contributed by atoms with E-state index in [1.165, 1.54) is 6.42 Å². The first-order valence-electron chi connectivity index (χ1n) is 11.8. The van der Waals surface area contributed by atoms with E-state index in [1.807, 2.05) is 72.8 Å². The van der Waals surface area contributed by atoms with Crippen LogP contribution in [0, 0.1) is 0 Å². The van der Waals surface area contributed by atoms with Crippen LogP contribution in [0.1, 0.15) is 53.6 Å². The number of nitrogens with one attached hydrogen (secondary N) is 2. The SMILES string of the molecule is COc1ccc(/C=C(/C(=O)Nc2ccccc2C(=O)NC2CCCCC2)c2ccccc2)cc1. The van der Waals surface area contributed by atoms with Crippen molar-refractivity contribution in [3.8, 4) is 5.75 Å². The summed E-state index contributed by atoms with van der Waals surface area (Å²) in [4.78, 5) is 26.5. The number of para-hydroxylation sites is 1. The molecule has 1 aliphatic carbocycles. The normalized spacial score (nSPS) is 14.3. The molecule has 3 aromatic rings. The summed E-state index contributed by atoms with van der Waals surface area (Å²) < 4.78 is 5.24. The molecule has 2 amide bonds. The molecule has 5 heteroatoms. The monoisotopic (exact) mass is 454 g/mol. The van der Waals surface area contributed by atoms with Crippen LogP contribution in [0.5, 0.6) is 5.75 Å². The molecule has 2 N–H and O–H groups in total. The van der Waals surface area contributed by atoms with E-state index in [0.717, 1.165) is 42.6 Å². The Balaban J connectivity index is 1.59. The van der Waals surface area contributed by atoms with Gasteiger partial charge >= 0.3 is 0 Å². The molecule has 1 saturated carbocycles. The fourth-order valence-electron chi connectivity index (χ4n) is 4.25. The van der Waals surface area contributed by atoms with Crippen LogP contribution in [0.15, 0.2) is 78.9 Å². The fraction of sp³-hybridized carbons (Fsp3) is 0.241. The van der Waals surface area contributed by atoms with Gasteiger partial charge in [-0.1, -0.05) is 73.9 Å². The number of ether oxygens (including phenoxy) is 1. The first-order valence-corrected chi connectivity index (χ1v) is 11.8. The highest BCUT2D eigenvalue weighted by atomic mass is 16.5. The Morgan fingerprint density at radius 1 is 0.853 bits per heavy atom. The molecule has 174 valence electrons. The largest absolute Gasteiger partial charge is 0.497 e. The Hall–Kier alpha value is -3.86. The minimum Gasteiger partial charge on any atom is -0.497 e. The number of anilines is 1. The molecule has 1 aliphatic rings. The van der Waals surface area contributed by atoms with Crippen molar-refractivity contribution in [2.45, 2.75) is 38.1 Å². The average molecular weight is 455 g/mol. The van der Waals surface area contributed by atoms with E-state index < -0.39 is 0 Å². The van der Waals surface area contributed by atoms with Crippen LogP contribution >= 0.6 is 0 Å². The molecule has 0 atom stereocenters. The highest BCUT2D eigenvalue weighted by Gasteiger charge is 2.20. The second kappa shape index (κ2) is 11.3. The number of carbonyl (C=O) groups excluding carboxylic acids is 2. The maximum atomic E-state index is 13.5. The summed E-state index contributed by atoms with van der Waals surface area (Å²) in [7, 11) is 1.62. The minimum absolute atomic E-state index is 0.150. The molecule has 5 nitrogen and oxygen atoms in total. The Morgan fingerprint density at radius 2 is 1.53 bits per heavy atom. The smallest absolute Gasteiger partial charge is 0.256 e. The number of methoxy groups -OCH3 is 1. The quantitative estimate of drug-likeness (QED) is 0.343. The van der Waals surface area contributed by atoms with Crippen LogP contribution in [-0.2, 0) is 4.79 Å². The van der Waals surface area contributed by atoms with Crippen molar-refractivity contribution >= 4 is 29.2 Å². The van der Waals surface area contributed by atoms with Crippen molar-refractivity contribution in [1.29, 1.82) is 0 Å². The number of amides is 2. The van der Waals surface area contributed by atoms with E-state index in [4.69, 9.17) is 4.74 Å². The molecule has 0 spiro atoms. The van der Waals surface area contributed by atoms with Gasteiger partial charge in [-0.3, -0.25) is 9.59 Å². The van der Waals surface area contributed by atoms with Gasteiger partial charge < -0.3 is 15.4 Å². The van der Waals surface area contributed by atoms with Crippen LogP contribution in [0.4, 0.5) is 5.69 Å². The lowest BCUT2D eigenvalue weighted by atomic mass is 9.95. The van der Waals surface area contributed by atoms with Gasteiger partial charge in [0.25, 0.3) is 11.8 Å². The van der Waals surface area contributed by atoms with Crippen molar-refractivity contribution in [3.63, 3.8) is 0 Å². The third-order valence-corrected chi connectivity index (χ3v) is 6.12. The molecule has 0 bridgehead atoms. The molecule has 3 aromatic carbocycles. The number of benzene rings is 3. The topological polar surface area (TPSA) is 67.4 Å². The number of hydrogen-bond acceptors (Lipinski definition) is 3. The van der Waals surface area contributed by atoms with Crippen molar-refractivity contribution < 1.29 is 14.3 Å². The first-order chi connectivity index (χ1) is 16.6. The van der Waals surface area contributed by atoms with Crippen LogP contribution in [-0.4, -0.2) is 25.0 Å². The molecule has 0 unspecified atom stereocenters. The predicted octanol–water partition coefficient (Wildman–Crippen LogP) is 5.94.